The smallest absolute Gasteiger partial charge is 0.123 e. The largest absolute Gasteiger partial charge is 0.241 e. The van der Waals surface area contributed by atoms with E-state index in [1.54, 1.807) is 11.3 Å². The van der Waals surface area contributed by atoms with Gasteiger partial charge in [0.2, 0.25) is 0 Å². The summed E-state index contributed by atoms with van der Waals surface area (Å²) in [4.78, 5) is 4.50. The van der Waals surface area contributed by atoms with Gasteiger partial charge >= 0.3 is 0 Å². The summed E-state index contributed by atoms with van der Waals surface area (Å²) in [6.45, 7) is 2.12. The number of aryl methyl sites for hydroxylation is 1. The second-order valence-corrected chi connectivity index (χ2v) is 3.65. The molecule has 0 saturated carbocycles. The van der Waals surface area contributed by atoms with Crippen LogP contribution in [0.4, 0.5) is 0 Å². The first-order chi connectivity index (χ1) is 6.40. The van der Waals surface area contributed by atoms with E-state index in [2.05, 4.69) is 29.4 Å². The fourth-order valence-corrected chi connectivity index (χ4v) is 2.03. The molecule has 0 aliphatic rings. The highest BCUT2D eigenvalue weighted by Gasteiger charge is 2.01. The van der Waals surface area contributed by atoms with E-state index < -0.39 is 0 Å². The first-order valence-electron chi connectivity index (χ1n) is 4.31. The molecule has 1 aromatic carbocycles. The number of thiazole rings is 1. The average molecular weight is 188 g/mol. The van der Waals surface area contributed by atoms with Gasteiger partial charge in [-0.1, -0.05) is 25.1 Å². The Morgan fingerprint density at radius 3 is 3.08 bits per heavy atom. The zero-order chi connectivity index (χ0) is 9.10. The van der Waals surface area contributed by atoms with Crippen molar-refractivity contribution in [1.82, 2.24) is 4.98 Å². The van der Waals surface area contributed by atoms with Crippen LogP contribution in [0.2, 0.25) is 0 Å². The molecule has 0 atom stereocenters. The van der Waals surface area contributed by atoms with Crippen molar-refractivity contribution >= 4 is 11.3 Å². The lowest BCUT2D eigenvalue weighted by Crippen LogP contribution is -1.79. The molecule has 0 unspecified atom stereocenters. The Balaban J connectivity index is 2.36. The Labute approximate surface area is 82.1 Å². The SMILES string of the molecule is CCc1csc(-c2c[c]ccc2)n1. The predicted octanol–water partition coefficient (Wildman–Crippen LogP) is 3.17. The molecule has 2 aromatic rings. The average Bonchev–Trinajstić information content (AvgIpc) is 2.67. The minimum Gasteiger partial charge on any atom is -0.241 e. The summed E-state index contributed by atoms with van der Waals surface area (Å²) < 4.78 is 0. The molecule has 13 heavy (non-hydrogen) atoms. The quantitative estimate of drug-likeness (QED) is 0.705. The number of benzene rings is 1. The summed E-state index contributed by atoms with van der Waals surface area (Å²) in [6.07, 6.45) is 1.01. The predicted molar refractivity (Wildman–Crippen MR) is 55.8 cm³/mol. The third kappa shape index (κ3) is 1.78. The van der Waals surface area contributed by atoms with Crippen LogP contribution >= 0.6 is 11.3 Å². The van der Waals surface area contributed by atoms with Gasteiger partial charge in [-0.15, -0.1) is 11.3 Å². The van der Waals surface area contributed by atoms with Crippen LogP contribution in [0.25, 0.3) is 10.6 Å². The van der Waals surface area contributed by atoms with Crippen LogP contribution in [0, 0.1) is 6.07 Å². The van der Waals surface area contributed by atoms with Gasteiger partial charge < -0.3 is 0 Å². The first kappa shape index (κ1) is 8.45. The van der Waals surface area contributed by atoms with Crippen LogP contribution in [0.5, 0.6) is 0 Å². The molecule has 0 bridgehead atoms. The molecule has 1 heterocycles. The molecular weight excluding hydrogens is 178 g/mol. The van der Waals surface area contributed by atoms with E-state index in [9.17, 15) is 0 Å². The van der Waals surface area contributed by atoms with E-state index >= 15 is 0 Å². The van der Waals surface area contributed by atoms with Gasteiger partial charge in [0.05, 0.1) is 5.69 Å². The maximum absolute atomic E-state index is 4.50. The third-order valence-corrected chi connectivity index (χ3v) is 2.81. The summed E-state index contributed by atoms with van der Waals surface area (Å²) in [7, 11) is 0. The Bertz CT molecular complexity index is 378. The van der Waals surface area contributed by atoms with Crippen LogP contribution in [-0.2, 0) is 6.42 Å². The Morgan fingerprint density at radius 1 is 1.54 bits per heavy atom. The van der Waals surface area contributed by atoms with Gasteiger partial charge in [-0.25, -0.2) is 4.98 Å². The van der Waals surface area contributed by atoms with Crippen molar-refractivity contribution in [3.8, 4) is 10.6 Å². The maximum Gasteiger partial charge on any atom is 0.123 e. The highest BCUT2D eigenvalue weighted by atomic mass is 32.1. The van der Waals surface area contributed by atoms with Crippen molar-refractivity contribution < 1.29 is 0 Å². The maximum atomic E-state index is 4.50. The van der Waals surface area contributed by atoms with Crippen LogP contribution in [0.15, 0.2) is 29.6 Å². The van der Waals surface area contributed by atoms with Gasteiger partial charge in [0.25, 0.3) is 0 Å². The second kappa shape index (κ2) is 3.71. The van der Waals surface area contributed by atoms with Gasteiger partial charge in [-0.3, -0.25) is 0 Å². The van der Waals surface area contributed by atoms with E-state index in [1.165, 1.54) is 5.69 Å². The van der Waals surface area contributed by atoms with Gasteiger partial charge in [0, 0.05) is 10.9 Å². The third-order valence-electron chi connectivity index (χ3n) is 1.87. The molecule has 1 radical (unpaired) electrons. The van der Waals surface area contributed by atoms with Crippen molar-refractivity contribution in [3.05, 3.63) is 41.4 Å². The standard InChI is InChI=1S/C11H10NS/c1-2-10-8-13-11(12-10)9-6-4-3-5-7-9/h3-4,6-8H,2H2,1H3. The number of hydrogen-bond donors (Lipinski definition) is 0. The van der Waals surface area contributed by atoms with Gasteiger partial charge in [0.15, 0.2) is 0 Å². The molecule has 1 nitrogen and oxygen atoms in total. The molecule has 0 fully saturated rings. The van der Waals surface area contributed by atoms with Crippen LogP contribution in [-0.4, -0.2) is 4.98 Å². The highest BCUT2D eigenvalue weighted by Crippen LogP contribution is 2.22. The summed E-state index contributed by atoms with van der Waals surface area (Å²) >= 11 is 1.70. The van der Waals surface area contributed by atoms with Crippen LogP contribution in [0.1, 0.15) is 12.6 Å². The number of rotatable bonds is 2. The molecule has 65 valence electrons. The molecule has 0 aliphatic heterocycles. The van der Waals surface area contributed by atoms with Gasteiger partial charge in [-0.05, 0) is 18.6 Å². The minimum absolute atomic E-state index is 1.01. The van der Waals surface area contributed by atoms with Crippen molar-refractivity contribution in [2.45, 2.75) is 13.3 Å². The molecule has 2 heteroatoms. The summed E-state index contributed by atoms with van der Waals surface area (Å²) in [5, 5.41) is 3.20. The molecule has 0 spiro atoms. The lowest BCUT2D eigenvalue weighted by molar-refractivity contribution is 1.07. The zero-order valence-corrected chi connectivity index (χ0v) is 8.27. The summed E-state index contributed by atoms with van der Waals surface area (Å²) in [5.74, 6) is 0. The number of aromatic nitrogens is 1. The number of nitrogens with zero attached hydrogens (tertiary/aromatic N) is 1. The van der Waals surface area contributed by atoms with Crippen LogP contribution < -0.4 is 0 Å². The summed E-state index contributed by atoms with van der Waals surface area (Å²) in [5.41, 5.74) is 2.33. The lowest BCUT2D eigenvalue weighted by atomic mass is 10.2. The van der Waals surface area contributed by atoms with Crippen LogP contribution in [0.3, 0.4) is 0 Å². The lowest BCUT2D eigenvalue weighted by Gasteiger charge is -1.92. The Kier molecular flexibility index (Phi) is 2.41. The van der Waals surface area contributed by atoms with Crippen molar-refractivity contribution in [2.75, 3.05) is 0 Å². The van der Waals surface area contributed by atoms with Crippen molar-refractivity contribution in [3.63, 3.8) is 0 Å². The fourth-order valence-electron chi connectivity index (χ4n) is 1.13. The topological polar surface area (TPSA) is 12.9 Å². The molecule has 0 N–H and O–H groups in total. The summed E-state index contributed by atoms with van der Waals surface area (Å²) in [6, 6.07) is 11.0. The second-order valence-electron chi connectivity index (χ2n) is 2.79. The highest BCUT2D eigenvalue weighted by molar-refractivity contribution is 7.13. The molecule has 0 saturated heterocycles. The molecule has 1 aromatic heterocycles. The Hall–Kier alpha value is -1.15. The fraction of sp³-hybridized carbons (Fsp3) is 0.182. The number of hydrogen-bond acceptors (Lipinski definition) is 2. The molecule has 0 amide bonds. The van der Waals surface area contributed by atoms with Crippen molar-refractivity contribution in [2.24, 2.45) is 0 Å². The minimum atomic E-state index is 1.01. The zero-order valence-electron chi connectivity index (χ0n) is 7.45. The normalized spacial score (nSPS) is 10.2. The Morgan fingerprint density at radius 2 is 2.46 bits per heavy atom. The first-order valence-corrected chi connectivity index (χ1v) is 5.19. The monoisotopic (exact) mass is 188 g/mol. The van der Waals surface area contributed by atoms with E-state index in [1.807, 2.05) is 18.2 Å². The van der Waals surface area contributed by atoms with E-state index in [4.69, 9.17) is 0 Å². The van der Waals surface area contributed by atoms with Gasteiger partial charge in [-0.2, -0.15) is 0 Å². The van der Waals surface area contributed by atoms with Gasteiger partial charge in [0.1, 0.15) is 5.01 Å². The molecule has 2 rings (SSSR count). The van der Waals surface area contributed by atoms with E-state index in [0.29, 0.717) is 0 Å². The molecule has 0 aliphatic carbocycles. The van der Waals surface area contributed by atoms with E-state index in [0.717, 1.165) is 17.0 Å². The molecular formula is C11H10NS. The van der Waals surface area contributed by atoms with E-state index in [-0.39, 0.29) is 0 Å². The van der Waals surface area contributed by atoms with Crippen molar-refractivity contribution in [1.29, 1.82) is 0 Å².